The lowest BCUT2D eigenvalue weighted by molar-refractivity contribution is 0.0453. The summed E-state index contributed by atoms with van der Waals surface area (Å²) in [5.41, 5.74) is 3.69. The first-order valence-electron chi connectivity index (χ1n) is 11.5. The quantitative estimate of drug-likeness (QED) is 0.204. The molecule has 0 saturated heterocycles. The van der Waals surface area contributed by atoms with Gasteiger partial charge in [-0.1, -0.05) is 59.7 Å². The highest BCUT2D eigenvalue weighted by Gasteiger charge is 2.51. The van der Waals surface area contributed by atoms with Gasteiger partial charge in [-0.3, -0.25) is 0 Å². The molecule has 36 heavy (non-hydrogen) atoms. The van der Waals surface area contributed by atoms with Gasteiger partial charge < -0.3 is 0 Å². The van der Waals surface area contributed by atoms with E-state index >= 15 is 17.6 Å². The van der Waals surface area contributed by atoms with Crippen LogP contribution in [0.2, 0.25) is 0 Å². The summed E-state index contributed by atoms with van der Waals surface area (Å²) in [6, 6.07) is 21.0. The van der Waals surface area contributed by atoms with Crippen LogP contribution < -0.4 is 0 Å². The third-order valence-electron chi connectivity index (χ3n) is 7.14. The molecule has 6 heteroatoms. The minimum absolute atomic E-state index is 0.100. The summed E-state index contributed by atoms with van der Waals surface area (Å²) in [6.45, 7) is 3.93. The van der Waals surface area contributed by atoms with Crippen molar-refractivity contribution in [1.82, 2.24) is 0 Å². The highest BCUT2D eigenvalue weighted by atomic mass is 32.1. The second-order valence-corrected chi connectivity index (χ2v) is 11.6. The van der Waals surface area contributed by atoms with Crippen molar-refractivity contribution in [3.63, 3.8) is 0 Å². The molecule has 0 atom stereocenters. The lowest BCUT2D eigenvalue weighted by atomic mass is 9.98. The molecule has 2 aliphatic rings. The Morgan fingerprint density at radius 3 is 1.22 bits per heavy atom. The highest BCUT2D eigenvalue weighted by Crippen LogP contribution is 2.62. The molecule has 3 aromatic carbocycles. The second kappa shape index (κ2) is 7.17. The Hall–Kier alpha value is -3.22. The van der Waals surface area contributed by atoms with Gasteiger partial charge in [0.25, 0.3) is 0 Å². The topological polar surface area (TPSA) is 0 Å². The number of rotatable bonds is 2. The molecule has 0 radical (unpaired) electrons. The van der Waals surface area contributed by atoms with E-state index in [4.69, 9.17) is 0 Å². The fraction of sp³-hybridized carbons (Fsp3) is 0.133. The first-order chi connectivity index (χ1) is 17.1. The van der Waals surface area contributed by atoms with E-state index in [1.165, 1.54) is 46.9 Å². The monoisotopic (exact) mass is 518 g/mol. The van der Waals surface area contributed by atoms with Gasteiger partial charge in [0, 0.05) is 52.9 Å². The van der Waals surface area contributed by atoms with Crippen LogP contribution in [-0.4, -0.2) is 0 Å². The van der Waals surface area contributed by atoms with Gasteiger partial charge in [-0.2, -0.15) is 17.6 Å². The maximum absolute atomic E-state index is 15.7. The number of hydrogen-bond donors (Lipinski definition) is 0. The van der Waals surface area contributed by atoms with Gasteiger partial charge in [-0.05, 0) is 49.2 Å². The first kappa shape index (κ1) is 22.0. The number of fused-ring (bicyclic) bond motifs is 6. The zero-order chi connectivity index (χ0) is 25.0. The predicted molar refractivity (Wildman–Crippen MR) is 139 cm³/mol. The van der Waals surface area contributed by atoms with Gasteiger partial charge in [0.15, 0.2) is 0 Å². The number of halogens is 4. The summed E-state index contributed by atoms with van der Waals surface area (Å²) in [7, 11) is 0. The molecule has 2 aromatic heterocycles. The zero-order valence-corrected chi connectivity index (χ0v) is 20.9. The fourth-order valence-electron chi connectivity index (χ4n) is 5.15. The molecule has 0 saturated carbocycles. The minimum Gasteiger partial charge on any atom is -0.196 e. The molecule has 0 spiro atoms. The van der Waals surface area contributed by atoms with Gasteiger partial charge in [0.05, 0.1) is 0 Å². The molecule has 2 aliphatic carbocycles. The van der Waals surface area contributed by atoms with Gasteiger partial charge in [0.1, 0.15) is 0 Å². The Kier molecular flexibility index (Phi) is 4.39. The van der Waals surface area contributed by atoms with E-state index in [9.17, 15) is 0 Å². The maximum atomic E-state index is 15.7. The molecule has 7 rings (SSSR count). The number of thiophene rings is 2. The zero-order valence-electron chi connectivity index (χ0n) is 19.3. The Bertz CT molecular complexity index is 1560. The summed E-state index contributed by atoms with van der Waals surface area (Å²) in [4.78, 5) is 2.17. The minimum atomic E-state index is -3.24. The largest absolute Gasteiger partial charge is 0.300 e. The number of hydrogen-bond acceptors (Lipinski definition) is 2. The summed E-state index contributed by atoms with van der Waals surface area (Å²) < 4.78 is 62.8. The lowest BCUT2D eigenvalue weighted by Crippen LogP contribution is -2.13. The molecule has 0 amide bonds. The molecule has 178 valence electrons. The van der Waals surface area contributed by atoms with Gasteiger partial charge in [0.2, 0.25) is 0 Å². The first-order valence-corrected chi connectivity index (χ1v) is 13.2. The maximum Gasteiger partial charge on any atom is 0.300 e. The summed E-state index contributed by atoms with van der Waals surface area (Å²) in [5.74, 6) is -6.48. The Balaban J connectivity index is 1.38. The highest BCUT2D eigenvalue weighted by molar-refractivity contribution is 7.19. The van der Waals surface area contributed by atoms with Crippen LogP contribution in [0.25, 0.3) is 41.8 Å². The van der Waals surface area contributed by atoms with Crippen molar-refractivity contribution in [2.45, 2.75) is 25.7 Å². The van der Waals surface area contributed by atoms with Crippen molar-refractivity contribution in [1.29, 1.82) is 0 Å². The number of benzene rings is 3. The smallest absolute Gasteiger partial charge is 0.196 e. The van der Waals surface area contributed by atoms with Gasteiger partial charge in [-0.25, -0.2) is 0 Å². The van der Waals surface area contributed by atoms with E-state index in [0.717, 1.165) is 22.3 Å². The van der Waals surface area contributed by atoms with Crippen molar-refractivity contribution in [3.8, 4) is 41.8 Å². The predicted octanol–water partition coefficient (Wildman–Crippen LogP) is 10.0. The van der Waals surface area contributed by atoms with E-state index < -0.39 is 11.8 Å². The van der Waals surface area contributed by atoms with Gasteiger partial charge in [-0.15, -0.1) is 22.7 Å². The van der Waals surface area contributed by atoms with E-state index in [1.807, 2.05) is 62.4 Å². The molecular formula is C30H18F4S2. The van der Waals surface area contributed by atoms with Crippen LogP contribution in [0.1, 0.15) is 33.4 Å². The van der Waals surface area contributed by atoms with Crippen molar-refractivity contribution in [3.05, 3.63) is 106 Å². The standard InChI is InChI=1S/C30H18F4S2/c1-15-3-7-17(8-4-15)25-13-23-27(35-25)19-11-22-20(12-21(19)29(23,31)32)28-24(30(22,33)34)14-26(36-28)18-9-5-16(2)6-10-18/h3-14H,1-2H3. The SMILES string of the molecule is Cc1ccc(-c2cc3c(s2)-c2cc4c(cc2C3(F)F)-c2sc(-c3ccc(C)cc3)cc2C4(F)F)cc1. The lowest BCUT2D eigenvalue weighted by Gasteiger charge is -2.16. The summed E-state index contributed by atoms with van der Waals surface area (Å²) >= 11 is 2.47. The van der Waals surface area contributed by atoms with E-state index in [2.05, 4.69) is 0 Å². The van der Waals surface area contributed by atoms with Crippen LogP contribution in [0.5, 0.6) is 0 Å². The molecule has 0 bridgehead atoms. The molecule has 0 aliphatic heterocycles. The van der Waals surface area contributed by atoms with Crippen LogP contribution in [0.3, 0.4) is 0 Å². The van der Waals surface area contributed by atoms with Crippen LogP contribution in [0.15, 0.2) is 72.8 Å². The molecule has 0 unspecified atom stereocenters. The third-order valence-corrected chi connectivity index (χ3v) is 9.57. The molecule has 5 aromatic rings. The Morgan fingerprint density at radius 2 is 0.861 bits per heavy atom. The second-order valence-electron chi connectivity index (χ2n) is 9.53. The molecule has 2 heterocycles. The van der Waals surface area contributed by atoms with E-state index in [1.54, 1.807) is 0 Å². The fourth-order valence-corrected chi connectivity index (χ4v) is 7.61. The molecule has 0 N–H and O–H groups in total. The normalized spacial score (nSPS) is 15.9. The van der Waals surface area contributed by atoms with Crippen molar-refractivity contribution < 1.29 is 17.6 Å². The molecular weight excluding hydrogens is 500 g/mol. The van der Waals surface area contributed by atoms with Crippen LogP contribution in [0, 0.1) is 13.8 Å². The van der Waals surface area contributed by atoms with Crippen molar-refractivity contribution in [2.24, 2.45) is 0 Å². The van der Waals surface area contributed by atoms with Crippen molar-refractivity contribution >= 4 is 22.7 Å². The number of aryl methyl sites for hydroxylation is 2. The van der Waals surface area contributed by atoms with Crippen molar-refractivity contribution in [2.75, 3.05) is 0 Å². The average molecular weight is 519 g/mol. The van der Waals surface area contributed by atoms with E-state index in [-0.39, 0.29) is 33.4 Å². The Labute approximate surface area is 213 Å². The van der Waals surface area contributed by atoms with Crippen LogP contribution in [0.4, 0.5) is 17.6 Å². The number of alkyl halides is 4. The third kappa shape index (κ3) is 2.91. The van der Waals surface area contributed by atoms with E-state index in [0.29, 0.717) is 19.5 Å². The Morgan fingerprint density at radius 1 is 0.500 bits per heavy atom. The van der Waals surface area contributed by atoms with Crippen LogP contribution >= 0.6 is 22.7 Å². The summed E-state index contributed by atoms with van der Waals surface area (Å²) in [5, 5.41) is 0. The van der Waals surface area contributed by atoms with Crippen LogP contribution in [-0.2, 0) is 11.8 Å². The van der Waals surface area contributed by atoms with Gasteiger partial charge >= 0.3 is 11.8 Å². The molecule has 0 fully saturated rings. The molecule has 0 nitrogen and oxygen atoms in total. The summed E-state index contributed by atoms with van der Waals surface area (Å²) in [6.07, 6.45) is 0. The average Bonchev–Trinajstić information content (AvgIpc) is 3.57.